The highest BCUT2D eigenvalue weighted by Gasteiger charge is 2.43. The molecule has 0 bridgehead atoms. The molecule has 1 saturated heterocycles. The minimum Gasteiger partial charge on any atom is -0.487 e. The Hall–Kier alpha value is -2.34. The molecule has 3 aliphatic rings. The van der Waals surface area contributed by atoms with Crippen molar-refractivity contribution >= 4 is 5.91 Å². The molecule has 2 fully saturated rings. The van der Waals surface area contributed by atoms with E-state index >= 15 is 0 Å². The molecule has 6 heteroatoms. The lowest BCUT2D eigenvalue weighted by molar-refractivity contribution is 0.0360. The van der Waals surface area contributed by atoms with Crippen LogP contribution >= 0.6 is 0 Å². The second-order valence-electron chi connectivity index (χ2n) is 8.44. The number of ether oxygens (including phenoxy) is 1. The molecule has 2 N–H and O–H groups in total. The van der Waals surface area contributed by atoms with Crippen LogP contribution in [-0.4, -0.2) is 34.4 Å². The molecule has 1 aromatic carbocycles. The lowest BCUT2D eigenvalue weighted by Crippen LogP contribution is -2.43. The fourth-order valence-electron chi connectivity index (χ4n) is 5.03. The van der Waals surface area contributed by atoms with Crippen molar-refractivity contribution < 1.29 is 9.53 Å². The molecule has 2 unspecified atom stereocenters. The number of carbonyl (C=O) groups is 1. The maximum atomic E-state index is 13.0. The number of aromatic nitrogens is 2. The van der Waals surface area contributed by atoms with Crippen LogP contribution < -0.4 is 15.4 Å². The predicted molar refractivity (Wildman–Crippen MR) is 106 cm³/mol. The number of nitrogens with zero attached hydrogens (tertiary/aromatic N) is 2. The largest absolute Gasteiger partial charge is 0.487 e. The van der Waals surface area contributed by atoms with Crippen molar-refractivity contribution in [2.24, 2.45) is 0 Å². The number of hydrogen-bond donors (Lipinski definition) is 2. The maximum absolute atomic E-state index is 13.0. The van der Waals surface area contributed by atoms with Gasteiger partial charge in [-0.3, -0.25) is 9.48 Å². The molecular weight excluding hydrogens is 352 g/mol. The Bertz CT molecular complexity index is 850. The lowest BCUT2D eigenvalue weighted by Gasteiger charge is -2.40. The molecular formula is C22H28N4O2. The van der Waals surface area contributed by atoms with Crippen LogP contribution in [0, 0.1) is 0 Å². The van der Waals surface area contributed by atoms with E-state index in [0.29, 0.717) is 11.7 Å². The summed E-state index contributed by atoms with van der Waals surface area (Å²) in [4.78, 5) is 13.0. The molecule has 2 atom stereocenters. The number of piperidine rings is 1. The summed E-state index contributed by atoms with van der Waals surface area (Å²) >= 11 is 0. The zero-order valence-corrected chi connectivity index (χ0v) is 16.2. The molecule has 3 heterocycles. The normalized spacial score (nSPS) is 25.9. The first-order valence-electron chi connectivity index (χ1n) is 10.6. The summed E-state index contributed by atoms with van der Waals surface area (Å²) in [5.74, 6) is 0.817. The van der Waals surface area contributed by atoms with Gasteiger partial charge in [0.2, 0.25) is 0 Å². The number of hydrogen-bond acceptors (Lipinski definition) is 4. The van der Waals surface area contributed by atoms with Gasteiger partial charge in [-0.2, -0.15) is 5.10 Å². The standard InChI is InChI=1S/C22H28N4O2/c27-21(18-9-13-26(25-18)16-6-5-12-23-15-16)24-19-14-22(10-3-4-11-22)28-20-8-2-1-7-17(19)20/h1-2,7-9,13,16,19,23H,3-6,10-12,14-15H2,(H,24,27). The number of nitrogens with one attached hydrogen (secondary N) is 2. The van der Waals surface area contributed by atoms with Crippen molar-refractivity contribution in [2.45, 2.75) is 62.6 Å². The number of fused-ring (bicyclic) bond motifs is 1. The van der Waals surface area contributed by atoms with Gasteiger partial charge in [-0.05, 0) is 57.2 Å². The number of rotatable bonds is 3. The van der Waals surface area contributed by atoms with Crippen molar-refractivity contribution in [3.63, 3.8) is 0 Å². The second kappa shape index (κ2) is 7.24. The van der Waals surface area contributed by atoms with Crippen LogP contribution in [0.3, 0.4) is 0 Å². The van der Waals surface area contributed by atoms with Gasteiger partial charge >= 0.3 is 0 Å². The van der Waals surface area contributed by atoms with E-state index < -0.39 is 0 Å². The molecule has 148 valence electrons. The Labute approximate surface area is 165 Å². The van der Waals surface area contributed by atoms with E-state index in [1.807, 2.05) is 35.1 Å². The number of benzene rings is 1. The summed E-state index contributed by atoms with van der Waals surface area (Å²) in [6, 6.07) is 10.2. The molecule has 1 amide bonds. The number of amides is 1. The summed E-state index contributed by atoms with van der Waals surface area (Å²) in [6.07, 6.45) is 9.55. The highest BCUT2D eigenvalue weighted by Crippen LogP contribution is 2.47. The first-order chi connectivity index (χ1) is 13.7. The van der Waals surface area contributed by atoms with Crippen LogP contribution in [0.25, 0.3) is 0 Å². The zero-order chi connectivity index (χ0) is 19.0. The van der Waals surface area contributed by atoms with Gasteiger partial charge in [0.15, 0.2) is 0 Å². The van der Waals surface area contributed by atoms with Gasteiger partial charge in [-0.25, -0.2) is 0 Å². The first kappa shape index (κ1) is 17.7. The minimum atomic E-state index is -0.126. The summed E-state index contributed by atoms with van der Waals surface area (Å²) < 4.78 is 8.35. The van der Waals surface area contributed by atoms with Crippen LogP contribution in [0.4, 0.5) is 0 Å². The Morgan fingerprint density at radius 3 is 2.89 bits per heavy atom. The zero-order valence-electron chi connectivity index (χ0n) is 16.2. The Morgan fingerprint density at radius 1 is 1.21 bits per heavy atom. The molecule has 1 aliphatic carbocycles. The van der Waals surface area contributed by atoms with Crippen molar-refractivity contribution in [1.82, 2.24) is 20.4 Å². The molecule has 28 heavy (non-hydrogen) atoms. The van der Waals surface area contributed by atoms with E-state index in [1.165, 1.54) is 12.8 Å². The topological polar surface area (TPSA) is 68.2 Å². The highest BCUT2D eigenvalue weighted by atomic mass is 16.5. The fraction of sp³-hybridized carbons (Fsp3) is 0.545. The van der Waals surface area contributed by atoms with Crippen molar-refractivity contribution in [2.75, 3.05) is 13.1 Å². The summed E-state index contributed by atoms with van der Waals surface area (Å²) in [5, 5.41) is 11.2. The van der Waals surface area contributed by atoms with Crippen LogP contribution in [0.2, 0.25) is 0 Å². The van der Waals surface area contributed by atoms with Crippen molar-refractivity contribution in [3.05, 3.63) is 47.8 Å². The van der Waals surface area contributed by atoms with Crippen LogP contribution in [0.15, 0.2) is 36.5 Å². The maximum Gasteiger partial charge on any atom is 0.272 e. The van der Waals surface area contributed by atoms with Gasteiger partial charge < -0.3 is 15.4 Å². The fourth-order valence-corrected chi connectivity index (χ4v) is 5.03. The van der Waals surface area contributed by atoms with Crippen molar-refractivity contribution in [3.8, 4) is 5.75 Å². The van der Waals surface area contributed by atoms with E-state index in [0.717, 1.165) is 56.5 Å². The molecule has 5 rings (SSSR count). The summed E-state index contributed by atoms with van der Waals surface area (Å²) in [7, 11) is 0. The monoisotopic (exact) mass is 380 g/mol. The third kappa shape index (κ3) is 3.30. The Morgan fingerprint density at radius 2 is 2.07 bits per heavy atom. The number of para-hydroxylation sites is 1. The van der Waals surface area contributed by atoms with Gasteiger partial charge in [0.05, 0.1) is 12.1 Å². The van der Waals surface area contributed by atoms with Gasteiger partial charge in [-0.1, -0.05) is 18.2 Å². The van der Waals surface area contributed by atoms with E-state index in [-0.39, 0.29) is 17.6 Å². The molecule has 1 spiro atoms. The quantitative estimate of drug-likeness (QED) is 0.857. The van der Waals surface area contributed by atoms with Crippen LogP contribution in [0.5, 0.6) is 5.75 Å². The average Bonchev–Trinajstić information content (AvgIpc) is 3.39. The van der Waals surface area contributed by atoms with E-state index in [1.54, 1.807) is 0 Å². The van der Waals surface area contributed by atoms with Crippen LogP contribution in [0.1, 0.15) is 73.1 Å². The van der Waals surface area contributed by atoms with E-state index in [9.17, 15) is 4.79 Å². The third-order valence-electron chi connectivity index (χ3n) is 6.50. The molecule has 1 aromatic heterocycles. The molecule has 6 nitrogen and oxygen atoms in total. The van der Waals surface area contributed by atoms with Gasteiger partial charge in [0.25, 0.3) is 5.91 Å². The smallest absolute Gasteiger partial charge is 0.272 e. The highest BCUT2D eigenvalue weighted by molar-refractivity contribution is 5.92. The molecule has 2 aliphatic heterocycles. The Kier molecular flexibility index (Phi) is 4.59. The van der Waals surface area contributed by atoms with E-state index in [2.05, 4.69) is 21.8 Å². The van der Waals surface area contributed by atoms with Gasteiger partial charge in [0.1, 0.15) is 17.0 Å². The summed E-state index contributed by atoms with van der Waals surface area (Å²) in [5.41, 5.74) is 1.44. The SMILES string of the molecule is O=C(NC1CC2(CCCC2)Oc2ccccc21)c1ccn(C2CCCNC2)n1. The van der Waals surface area contributed by atoms with Gasteiger partial charge in [0, 0.05) is 24.7 Å². The van der Waals surface area contributed by atoms with Crippen LogP contribution in [-0.2, 0) is 0 Å². The van der Waals surface area contributed by atoms with E-state index in [4.69, 9.17) is 4.74 Å². The summed E-state index contributed by atoms with van der Waals surface area (Å²) in [6.45, 7) is 1.98. The van der Waals surface area contributed by atoms with Crippen molar-refractivity contribution in [1.29, 1.82) is 0 Å². The third-order valence-corrected chi connectivity index (χ3v) is 6.50. The minimum absolute atomic E-state index is 0.0305. The first-order valence-corrected chi connectivity index (χ1v) is 10.6. The molecule has 2 aromatic rings. The second-order valence-corrected chi connectivity index (χ2v) is 8.44. The molecule has 0 radical (unpaired) electrons. The predicted octanol–water partition coefficient (Wildman–Crippen LogP) is 3.37. The average molecular weight is 380 g/mol. The lowest BCUT2D eigenvalue weighted by atomic mass is 9.86. The van der Waals surface area contributed by atoms with Gasteiger partial charge in [-0.15, -0.1) is 0 Å². The molecule has 1 saturated carbocycles. The number of carbonyl (C=O) groups excluding carboxylic acids is 1. The Balaban J connectivity index is 1.35.